The van der Waals surface area contributed by atoms with Gasteiger partial charge in [-0.25, -0.2) is 4.39 Å². The molecule has 0 amide bonds. The number of nitrogens with two attached hydrogens (primary N) is 1. The minimum atomic E-state index is -0.282. The van der Waals surface area contributed by atoms with Crippen LogP contribution in [0.1, 0.15) is 24.8 Å². The zero-order valence-electron chi connectivity index (χ0n) is 10.2. The molecule has 18 heavy (non-hydrogen) atoms. The van der Waals surface area contributed by atoms with Gasteiger partial charge >= 0.3 is 0 Å². The molecule has 3 N–H and O–H groups in total. The van der Waals surface area contributed by atoms with Crippen LogP contribution in [0.25, 0.3) is 0 Å². The van der Waals surface area contributed by atoms with E-state index in [1.54, 1.807) is 12.1 Å². The molecule has 1 aliphatic rings. The lowest BCUT2D eigenvalue weighted by atomic mass is 9.99. The third-order valence-electron chi connectivity index (χ3n) is 3.32. The fourth-order valence-corrected chi connectivity index (χ4v) is 2.57. The number of rotatable bonds is 5. The van der Waals surface area contributed by atoms with E-state index < -0.39 is 0 Å². The van der Waals surface area contributed by atoms with Gasteiger partial charge in [0.1, 0.15) is 5.82 Å². The van der Waals surface area contributed by atoms with Crippen molar-refractivity contribution in [2.75, 3.05) is 6.61 Å². The standard InChI is InChI=1S/C13H18ClFN2O/c14-12-4-1-5-13(15)11(12)8-9(17-16)7-10-3-2-6-18-10/h1,4-5,9-10,17H,2-3,6-8,16H2. The molecule has 0 bridgehead atoms. The summed E-state index contributed by atoms with van der Waals surface area (Å²) < 4.78 is 19.2. The van der Waals surface area contributed by atoms with Crippen molar-refractivity contribution in [3.8, 4) is 0 Å². The van der Waals surface area contributed by atoms with Gasteiger partial charge in [-0.2, -0.15) is 0 Å². The van der Waals surface area contributed by atoms with Crippen molar-refractivity contribution in [3.63, 3.8) is 0 Å². The largest absolute Gasteiger partial charge is 0.378 e. The van der Waals surface area contributed by atoms with Crippen LogP contribution in [-0.4, -0.2) is 18.8 Å². The molecule has 100 valence electrons. The van der Waals surface area contributed by atoms with Crippen LogP contribution in [-0.2, 0) is 11.2 Å². The van der Waals surface area contributed by atoms with Gasteiger partial charge in [0, 0.05) is 23.2 Å². The number of benzene rings is 1. The van der Waals surface area contributed by atoms with E-state index >= 15 is 0 Å². The molecular weight excluding hydrogens is 255 g/mol. The maximum absolute atomic E-state index is 13.7. The van der Waals surface area contributed by atoms with E-state index in [-0.39, 0.29) is 18.0 Å². The smallest absolute Gasteiger partial charge is 0.127 e. The van der Waals surface area contributed by atoms with Gasteiger partial charge in [-0.1, -0.05) is 17.7 Å². The second kappa shape index (κ2) is 6.48. The molecule has 2 unspecified atom stereocenters. The quantitative estimate of drug-likeness (QED) is 0.639. The van der Waals surface area contributed by atoms with Gasteiger partial charge in [0.05, 0.1) is 6.10 Å². The van der Waals surface area contributed by atoms with E-state index in [0.717, 1.165) is 25.9 Å². The lowest BCUT2D eigenvalue weighted by Crippen LogP contribution is -2.39. The second-order valence-corrected chi connectivity index (χ2v) is 5.05. The minimum Gasteiger partial charge on any atom is -0.378 e. The average Bonchev–Trinajstić information content (AvgIpc) is 2.85. The van der Waals surface area contributed by atoms with Crippen molar-refractivity contribution in [2.24, 2.45) is 5.84 Å². The van der Waals surface area contributed by atoms with Crippen molar-refractivity contribution in [3.05, 3.63) is 34.6 Å². The maximum atomic E-state index is 13.7. The van der Waals surface area contributed by atoms with E-state index in [1.807, 2.05) is 0 Å². The van der Waals surface area contributed by atoms with Gasteiger partial charge in [-0.15, -0.1) is 0 Å². The summed E-state index contributed by atoms with van der Waals surface area (Å²) in [5, 5.41) is 0.447. The first-order valence-electron chi connectivity index (χ1n) is 6.21. The molecule has 1 fully saturated rings. The summed E-state index contributed by atoms with van der Waals surface area (Å²) in [4.78, 5) is 0. The SMILES string of the molecule is NNC(Cc1c(F)cccc1Cl)CC1CCCO1. The highest BCUT2D eigenvalue weighted by atomic mass is 35.5. The normalized spacial score (nSPS) is 21.2. The summed E-state index contributed by atoms with van der Waals surface area (Å²) in [5.74, 6) is 5.25. The topological polar surface area (TPSA) is 47.3 Å². The monoisotopic (exact) mass is 272 g/mol. The Morgan fingerprint density at radius 2 is 2.39 bits per heavy atom. The van der Waals surface area contributed by atoms with Gasteiger partial charge in [0.25, 0.3) is 0 Å². The summed E-state index contributed by atoms with van der Waals surface area (Å²) in [6, 6.07) is 4.69. The number of hydrogen-bond acceptors (Lipinski definition) is 3. The molecule has 0 spiro atoms. The molecule has 1 heterocycles. The Morgan fingerprint density at radius 3 is 3.00 bits per heavy atom. The molecule has 2 rings (SSSR count). The summed E-state index contributed by atoms with van der Waals surface area (Å²) in [7, 11) is 0. The fraction of sp³-hybridized carbons (Fsp3) is 0.538. The minimum absolute atomic E-state index is 0.0255. The molecule has 0 aromatic heterocycles. The molecule has 5 heteroatoms. The molecule has 0 aliphatic carbocycles. The molecule has 0 saturated carbocycles. The van der Waals surface area contributed by atoms with Crippen LogP contribution >= 0.6 is 11.6 Å². The van der Waals surface area contributed by atoms with Crippen LogP contribution in [0.3, 0.4) is 0 Å². The Morgan fingerprint density at radius 1 is 1.56 bits per heavy atom. The summed E-state index contributed by atoms with van der Waals surface area (Å²) in [6.45, 7) is 0.808. The van der Waals surface area contributed by atoms with Crippen LogP contribution in [0.15, 0.2) is 18.2 Å². The number of ether oxygens (including phenoxy) is 1. The average molecular weight is 273 g/mol. The maximum Gasteiger partial charge on any atom is 0.127 e. The summed E-state index contributed by atoms with van der Waals surface area (Å²) >= 11 is 6.01. The van der Waals surface area contributed by atoms with Crippen molar-refractivity contribution in [1.29, 1.82) is 0 Å². The van der Waals surface area contributed by atoms with Crippen molar-refractivity contribution < 1.29 is 9.13 Å². The first kappa shape index (κ1) is 13.7. The van der Waals surface area contributed by atoms with Gasteiger partial charge in [0.15, 0.2) is 0 Å². The molecular formula is C13H18ClFN2O. The summed E-state index contributed by atoms with van der Waals surface area (Å²) in [6.07, 6.45) is 3.60. The van der Waals surface area contributed by atoms with Gasteiger partial charge in [-0.05, 0) is 37.8 Å². The zero-order valence-corrected chi connectivity index (χ0v) is 10.9. The van der Waals surface area contributed by atoms with Crippen LogP contribution in [0.5, 0.6) is 0 Å². The van der Waals surface area contributed by atoms with Crippen molar-refractivity contribution in [2.45, 2.75) is 37.8 Å². The highest BCUT2D eigenvalue weighted by Gasteiger charge is 2.22. The van der Waals surface area contributed by atoms with Gasteiger partial charge in [-0.3, -0.25) is 11.3 Å². The Balaban J connectivity index is 2.00. The summed E-state index contributed by atoms with van der Waals surface area (Å²) in [5.41, 5.74) is 3.24. The van der Waals surface area contributed by atoms with Crippen LogP contribution < -0.4 is 11.3 Å². The molecule has 1 aromatic carbocycles. The lowest BCUT2D eigenvalue weighted by molar-refractivity contribution is 0.0945. The number of hydrazine groups is 1. The Labute approximate surface area is 111 Å². The molecule has 1 saturated heterocycles. The van der Waals surface area contributed by atoms with Crippen LogP contribution in [0.2, 0.25) is 5.02 Å². The molecule has 1 aromatic rings. The van der Waals surface area contributed by atoms with E-state index in [0.29, 0.717) is 17.0 Å². The lowest BCUT2D eigenvalue weighted by Gasteiger charge is -2.20. The first-order valence-corrected chi connectivity index (χ1v) is 6.59. The van der Waals surface area contributed by atoms with E-state index in [4.69, 9.17) is 22.2 Å². The third kappa shape index (κ3) is 3.42. The highest BCUT2D eigenvalue weighted by molar-refractivity contribution is 6.31. The molecule has 2 atom stereocenters. The zero-order chi connectivity index (χ0) is 13.0. The van der Waals surface area contributed by atoms with E-state index in [9.17, 15) is 4.39 Å². The van der Waals surface area contributed by atoms with Crippen LogP contribution in [0, 0.1) is 5.82 Å². The second-order valence-electron chi connectivity index (χ2n) is 4.64. The predicted molar refractivity (Wildman–Crippen MR) is 69.8 cm³/mol. The molecule has 0 radical (unpaired) electrons. The van der Waals surface area contributed by atoms with E-state index in [2.05, 4.69) is 5.43 Å². The Kier molecular flexibility index (Phi) is 4.95. The van der Waals surface area contributed by atoms with Crippen molar-refractivity contribution >= 4 is 11.6 Å². The Hall–Kier alpha value is -0.680. The first-order chi connectivity index (χ1) is 8.70. The van der Waals surface area contributed by atoms with Crippen LogP contribution in [0.4, 0.5) is 4.39 Å². The number of hydrogen-bond donors (Lipinski definition) is 2. The Bertz CT molecular complexity index is 376. The third-order valence-corrected chi connectivity index (χ3v) is 3.67. The number of halogens is 2. The number of nitrogens with one attached hydrogen (secondary N) is 1. The van der Waals surface area contributed by atoms with Gasteiger partial charge in [0.2, 0.25) is 0 Å². The van der Waals surface area contributed by atoms with E-state index in [1.165, 1.54) is 6.07 Å². The highest BCUT2D eigenvalue weighted by Crippen LogP contribution is 2.23. The fourth-order valence-electron chi connectivity index (χ4n) is 2.33. The molecule has 1 aliphatic heterocycles. The van der Waals surface area contributed by atoms with Gasteiger partial charge < -0.3 is 4.74 Å². The van der Waals surface area contributed by atoms with Crippen molar-refractivity contribution in [1.82, 2.24) is 5.43 Å². The molecule has 3 nitrogen and oxygen atoms in total. The predicted octanol–water partition coefficient (Wildman–Crippen LogP) is 2.42.